The Labute approximate surface area is 220 Å². The number of fused-ring (bicyclic) bond motifs is 1. The molecule has 0 spiro atoms. The van der Waals surface area contributed by atoms with Crippen molar-refractivity contribution < 1.29 is 4.79 Å². The van der Waals surface area contributed by atoms with E-state index < -0.39 is 5.92 Å². The zero-order valence-electron chi connectivity index (χ0n) is 20.4. The number of aromatic amines is 1. The number of carbonyl (C=O) groups is 1. The summed E-state index contributed by atoms with van der Waals surface area (Å²) in [4.78, 5) is 36.6. The Bertz CT molecular complexity index is 1380. The highest BCUT2D eigenvalue weighted by Crippen LogP contribution is 2.43. The molecular formula is C28H29ClN4O2S. The van der Waals surface area contributed by atoms with Crippen LogP contribution in [0.5, 0.6) is 0 Å². The first-order valence-corrected chi connectivity index (χ1v) is 13.7. The molecule has 36 heavy (non-hydrogen) atoms. The highest BCUT2D eigenvalue weighted by atomic mass is 35.5. The van der Waals surface area contributed by atoms with Crippen molar-refractivity contribution in [3.05, 3.63) is 91.9 Å². The monoisotopic (exact) mass is 520 g/mol. The Morgan fingerprint density at radius 3 is 2.53 bits per heavy atom. The number of allylic oxidation sites excluding steroid dienone is 2. The first-order valence-electron chi connectivity index (χ1n) is 12.4. The zero-order chi connectivity index (χ0) is 25.2. The number of carbonyl (C=O) groups excluding carboxylic acids is 1. The van der Waals surface area contributed by atoms with Gasteiger partial charge in [0.25, 0.3) is 5.56 Å². The van der Waals surface area contributed by atoms with E-state index in [-0.39, 0.29) is 11.3 Å². The van der Waals surface area contributed by atoms with Crippen molar-refractivity contribution in [1.82, 2.24) is 9.97 Å². The van der Waals surface area contributed by atoms with Gasteiger partial charge in [0, 0.05) is 53.2 Å². The van der Waals surface area contributed by atoms with E-state index in [0.717, 1.165) is 48.4 Å². The molecule has 1 atom stereocenters. The van der Waals surface area contributed by atoms with Gasteiger partial charge in [-0.1, -0.05) is 53.7 Å². The van der Waals surface area contributed by atoms with E-state index in [9.17, 15) is 9.59 Å². The number of benzene rings is 2. The molecule has 1 unspecified atom stereocenters. The molecule has 2 N–H and O–H groups in total. The lowest BCUT2D eigenvalue weighted by molar-refractivity contribution is -0.116. The smallest absolute Gasteiger partial charge is 0.257 e. The largest absolute Gasteiger partial charge is 0.372 e. The summed E-state index contributed by atoms with van der Waals surface area (Å²) >= 11 is 7.74. The summed E-state index contributed by atoms with van der Waals surface area (Å²) in [5.41, 5.74) is 4.90. The maximum Gasteiger partial charge on any atom is 0.257 e. The number of ketones is 1. The minimum Gasteiger partial charge on any atom is -0.372 e. The predicted molar refractivity (Wildman–Crippen MR) is 147 cm³/mol. The lowest BCUT2D eigenvalue weighted by atomic mass is 9.76. The minimum atomic E-state index is -0.436. The number of hydrogen-bond donors (Lipinski definition) is 2. The molecule has 1 aromatic heterocycles. The first kappa shape index (κ1) is 24.7. The Morgan fingerprint density at radius 1 is 1.06 bits per heavy atom. The molecule has 5 rings (SSSR count). The SMILES string of the molecule is CCN(CC)c1ccc(C2C3=C(CCCC3=O)Nc3nc(SCc4ccccc4Cl)[nH]c(=O)c32)cc1. The second-order valence-corrected chi connectivity index (χ2v) is 10.4. The molecule has 0 radical (unpaired) electrons. The summed E-state index contributed by atoms with van der Waals surface area (Å²) < 4.78 is 0. The summed E-state index contributed by atoms with van der Waals surface area (Å²) in [5.74, 6) is 0.786. The molecule has 1 aliphatic carbocycles. The Morgan fingerprint density at radius 2 is 1.81 bits per heavy atom. The van der Waals surface area contributed by atoms with Crippen molar-refractivity contribution in [2.24, 2.45) is 0 Å². The lowest BCUT2D eigenvalue weighted by Crippen LogP contribution is -2.32. The minimum absolute atomic E-state index is 0.101. The topological polar surface area (TPSA) is 78.1 Å². The van der Waals surface area contributed by atoms with Crippen LogP contribution >= 0.6 is 23.4 Å². The van der Waals surface area contributed by atoms with Gasteiger partial charge in [-0.05, 0) is 56.0 Å². The molecule has 0 saturated heterocycles. The van der Waals surface area contributed by atoms with E-state index in [0.29, 0.717) is 39.3 Å². The van der Waals surface area contributed by atoms with Crippen molar-refractivity contribution in [2.45, 2.75) is 49.9 Å². The zero-order valence-corrected chi connectivity index (χ0v) is 22.0. The molecule has 2 heterocycles. The number of thioether (sulfide) groups is 1. The number of halogens is 1. The lowest BCUT2D eigenvalue weighted by Gasteiger charge is -2.33. The maximum absolute atomic E-state index is 13.5. The number of H-pyrrole nitrogens is 1. The van der Waals surface area contributed by atoms with Crippen molar-refractivity contribution in [2.75, 3.05) is 23.3 Å². The van der Waals surface area contributed by atoms with E-state index in [1.807, 2.05) is 36.4 Å². The van der Waals surface area contributed by atoms with E-state index in [4.69, 9.17) is 16.6 Å². The predicted octanol–water partition coefficient (Wildman–Crippen LogP) is 6.13. The number of Topliss-reactive ketones (excluding diaryl/α,β-unsaturated/α-hetero) is 1. The highest BCUT2D eigenvalue weighted by molar-refractivity contribution is 7.98. The Kier molecular flexibility index (Phi) is 7.21. The van der Waals surface area contributed by atoms with Crippen LogP contribution in [0.3, 0.4) is 0 Å². The fraction of sp³-hybridized carbons (Fsp3) is 0.321. The van der Waals surface area contributed by atoms with Gasteiger partial charge in [0.1, 0.15) is 5.82 Å². The van der Waals surface area contributed by atoms with Gasteiger partial charge in [-0.25, -0.2) is 4.98 Å². The quantitative estimate of drug-likeness (QED) is 0.288. The van der Waals surface area contributed by atoms with Crippen LogP contribution in [-0.2, 0) is 10.5 Å². The first-order chi connectivity index (χ1) is 17.5. The number of rotatable bonds is 7. The van der Waals surface area contributed by atoms with Gasteiger partial charge in [0.05, 0.1) is 5.56 Å². The molecule has 0 bridgehead atoms. The van der Waals surface area contributed by atoms with Crippen molar-refractivity contribution >= 4 is 40.7 Å². The third kappa shape index (κ3) is 4.70. The molecule has 0 fully saturated rings. The second kappa shape index (κ2) is 10.5. The second-order valence-electron chi connectivity index (χ2n) is 9.00. The van der Waals surface area contributed by atoms with Crippen molar-refractivity contribution in [3.63, 3.8) is 0 Å². The van der Waals surface area contributed by atoms with Gasteiger partial charge < -0.3 is 15.2 Å². The highest BCUT2D eigenvalue weighted by Gasteiger charge is 2.37. The average molecular weight is 521 g/mol. The normalized spacial score (nSPS) is 16.9. The van der Waals surface area contributed by atoms with Crippen LogP contribution < -0.4 is 15.8 Å². The fourth-order valence-electron chi connectivity index (χ4n) is 5.07. The van der Waals surface area contributed by atoms with E-state index in [2.05, 4.69) is 41.2 Å². The van der Waals surface area contributed by atoms with Gasteiger partial charge in [0.2, 0.25) is 0 Å². The van der Waals surface area contributed by atoms with E-state index >= 15 is 0 Å². The fourth-order valence-corrected chi connectivity index (χ4v) is 6.22. The number of aromatic nitrogens is 2. The number of nitrogens with zero attached hydrogens (tertiary/aromatic N) is 2. The third-order valence-electron chi connectivity index (χ3n) is 6.91. The third-order valence-corrected chi connectivity index (χ3v) is 8.20. The van der Waals surface area contributed by atoms with Gasteiger partial charge in [-0.2, -0.15) is 0 Å². The summed E-state index contributed by atoms with van der Waals surface area (Å²) in [6.45, 7) is 6.09. The molecule has 6 nitrogen and oxygen atoms in total. The molecule has 2 aromatic carbocycles. The van der Waals surface area contributed by atoms with Crippen LogP contribution in [0.15, 0.2) is 69.8 Å². The summed E-state index contributed by atoms with van der Waals surface area (Å²) in [6, 6.07) is 15.9. The molecule has 186 valence electrons. The van der Waals surface area contributed by atoms with Gasteiger partial charge >= 0.3 is 0 Å². The van der Waals surface area contributed by atoms with Crippen LogP contribution in [0.25, 0.3) is 0 Å². The average Bonchev–Trinajstić information content (AvgIpc) is 2.88. The van der Waals surface area contributed by atoms with Crippen LogP contribution in [-0.4, -0.2) is 28.8 Å². The number of anilines is 2. The van der Waals surface area contributed by atoms with Gasteiger partial charge in [-0.3, -0.25) is 9.59 Å². The maximum atomic E-state index is 13.5. The molecular weight excluding hydrogens is 492 g/mol. The van der Waals surface area contributed by atoms with Crippen LogP contribution in [0.4, 0.5) is 11.5 Å². The number of nitrogens with one attached hydrogen (secondary N) is 2. The van der Waals surface area contributed by atoms with Gasteiger partial charge in [0.15, 0.2) is 10.9 Å². The van der Waals surface area contributed by atoms with Crippen LogP contribution in [0.1, 0.15) is 55.7 Å². The van der Waals surface area contributed by atoms with E-state index in [1.54, 1.807) is 0 Å². The molecule has 3 aromatic rings. The van der Waals surface area contributed by atoms with Crippen molar-refractivity contribution in [1.29, 1.82) is 0 Å². The van der Waals surface area contributed by atoms with Crippen LogP contribution in [0, 0.1) is 0 Å². The molecule has 0 saturated carbocycles. The molecule has 1 aliphatic heterocycles. The number of hydrogen-bond acceptors (Lipinski definition) is 6. The summed E-state index contributed by atoms with van der Waals surface area (Å²) in [6.07, 6.45) is 2.07. The van der Waals surface area contributed by atoms with E-state index in [1.165, 1.54) is 11.8 Å². The molecule has 8 heteroatoms. The molecule has 0 amide bonds. The molecule has 2 aliphatic rings. The van der Waals surface area contributed by atoms with Crippen molar-refractivity contribution in [3.8, 4) is 0 Å². The Balaban J connectivity index is 1.54. The van der Waals surface area contributed by atoms with Crippen LogP contribution in [0.2, 0.25) is 5.02 Å². The Hall–Kier alpha value is -3.03. The summed E-state index contributed by atoms with van der Waals surface area (Å²) in [5, 5.41) is 4.56. The standard InChI is InChI=1S/C28H29ClN4O2S/c1-3-33(4-2)19-14-12-17(13-15-19)23-24-21(10-7-11-22(24)34)30-26-25(23)27(35)32-28(31-26)36-16-18-8-5-6-9-20(18)29/h5-6,8-9,12-15,23H,3-4,7,10-11,16H2,1-2H3,(H2,30,31,32,35). The van der Waals surface area contributed by atoms with Gasteiger partial charge in [-0.15, -0.1) is 0 Å². The summed E-state index contributed by atoms with van der Waals surface area (Å²) in [7, 11) is 0.